The van der Waals surface area contributed by atoms with Crippen molar-refractivity contribution >= 4 is 37.9 Å². The Morgan fingerprint density at radius 2 is 1.93 bits per heavy atom. The van der Waals surface area contributed by atoms with E-state index in [4.69, 9.17) is 0 Å². The molecule has 0 radical (unpaired) electrons. The largest absolute Gasteiger partial charge is 0.360 e. The number of carbonyl (C=O) groups excluding carboxylic acids is 1. The van der Waals surface area contributed by atoms with Crippen molar-refractivity contribution in [1.82, 2.24) is 25.3 Å². The molecule has 0 atom stereocenters. The maximum absolute atomic E-state index is 12.5. The Balaban J connectivity index is 1.39. The Hall–Kier alpha value is -3.24. The Morgan fingerprint density at radius 1 is 1.07 bits per heavy atom. The van der Waals surface area contributed by atoms with Crippen LogP contribution in [0, 0.1) is 0 Å². The fourth-order valence-corrected chi connectivity index (χ4v) is 3.97. The molecule has 138 valence electrons. The van der Waals surface area contributed by atoms with Gasteiger partial charge >= 0.3 is 0 Å². The van der Waals surface area contributed by atoms with Gasteiger partial charge in [0, 0.05) is 30.2 Å². The summed E-state index contributed by atoms with van der Waals surface area (Å²) in [5, 5.41) is 10.8. The quantitative estimate of drug-likeness (QED) is 0.430. The molecule has 0 aliphatic carbocycles. The van der Waals surface area contributed by atoms with Crippen LogP contribution in [0.4, 0.5) is 0 Å². The van der Waals surface area contributed by atoms with Crippen LogP contribution in [0.15, 0.2) is 58.2 Å². The zero-order valence-electron chi connectivity index (χ0n) is 14.0. The topological polar surface area (TPSA) is 130 Å². The molecule has 3 N–H and O–H groups in total. The van der Waals surface area contributed by atoms with Gasteiger partial charge in [-0.25, -0.2) is 17.8 Å². The van der Waals surface area contributed by atoms with E-state index >= 15 is 0 Å². The third-order valence-corrected chi connectivity index (χ3v) is 5.57. The van der Waals surface area contributed by atoms with E-state index in [1.165, 1.54) is 6.07 Å². The molecule has 0 spiro atoms. The summed E-state index contributed by atoms with van der Waals surface area (Å²) in [5.41, 5.74) is 1.88. The van der Waals surface area contributed by atoms with Gasteiger partial charge in [0.1, 0.15) is 10.4 Å². The van der Waals surface area contributed by atoms with Gasteiger partial charge in [0.25, 0.3) is 5.91 Å². The van der Waals surface area contributed by atoms with Crippen molar-refractivity contribution in [1.29, 1.82) is 0 Å². The summed E-state index contributed by atoms with van der Waals surface area (Å²) in [6, 6.07) is 12.0. The molecule has 0 aliphatic rings. The van der Waals surface area contributed by atoms with Gasteiger partial charge in [0.15, 0.2) is 5.52 Å². The van der Waals surface area contributed by atoms with E-state index in [1.54, 1.807) is 18.3 Å². The van der Waals surface area contributed by atoms with Crippen LogP contribution in [0.25, 0.3) is 21.9 Å². The first-order chi connectivity index (χ1) is 13.1. The van der Waals surface area contributed by atoms with E-state index in [0.717, 1.165) is 10.9 Å². The van der Waals surface area contributed by atoms with Gasteiger partial charge in [0.2, 0.25) is 10.0 Å². The number of fused-ring (bicyclic) bond motifs is 2. The van der Waals surface area contributed by atoms with Crippen LogP contribution in [-0.4, -0.2) is 42.7 Å². The first-order valence-corrected chi connectivity index (χ1v) is 9.60. The number of rotatable bonds is 6. The zero-order chi connectivity index (χ0) is 18.9. The Kier molecular flexibility index (Phi) is 4.34. The van der Waals surface area contributed by atoms with Crippen molar-refractivity contribution in [2.45, 2.75) is 4.90 Å². The number of aromatic nitrogens is 3. The summed E-state index contributed by atoms with van der Waals surface area (Å²) in [6.07, 6.45) is 1.63. The highest BCUT2D eigenvalue weighted by Crippen LogP contribution is 2.19. The van der Waals surface area contributed by atoms with Crippen molar-refractivity contribution in [3.05, 3.63) is 54.2 Å². The van der Waals surface area contributed by atoms with Crippen molar-refractivity contribution in [3.8, 4) is 0 Å². The number of hydrogen-bond acceptors (Lipinski definition) is 6. The fourth-order valence-electron chi connectivity index (χ4n) is 2.79. The second-order valence-electron chi connectivity index (χ2n) is 5.79. The average molecular weight is 385 g/mol. The normalized spacial score (nSPS) is 11.9. The maximum atomic E-state index is 12.5. The minimum Gasteiger partial charge on any atom is -0.360 e. The van der Waals surface area contributed by atoms with Gasteiger partial charge in [0.05, 0.1) is 5.56 Å². The standard InChI is InChI=1S/C17H15N5O4S/c23-17(12-10-19-13-5-2-1-4-11(12)13)18-8-9-20-27(24,25)15-7-3-6-14-16(15)22-26-21-14/h1-7,10,19-20H,8-9H2,(H,18,23). The van der Waals surface area contributed by atoms with Crippen LogP contribution in [0.1, 0.15) is 10.4 Å². The second kappa shape index (κ2) is 6.82. The lowest BCUT2D eigenvalue weighted by Gasteiger charge is -2.08. The van der Waals surface area contributed by atoms with Crippen LogP contribution in [-0.2, 0) is 10.0 Å². The fraction of sp³-hybridized carbons (Fsp3) is 0.118. The molecule has 1 amide bonds. The molecule has 27 heavy (non-hydrogen) atoms. The number of nitrogens with zero attached hydrogens (tertiary/aromatic N) is 2. The molecule has 2 heterocycles. The third-order valence-electron chi connectivity index (χ3n) is 4.08. The van der Waals surface area contributed by atoms with E-state index in [0.29, 0.717) is 11.1 Å². The molecule has 0 saturated heterocycles. The summed E-state index contributed by atoms with van der Waals surface area (Å²) in [4.78, 5) is 15.3. The van der Waals surface area contributed by atoms with E-state index in [2.05, 4.69) is 30.0 Å². The Bertz CT molecular complexity index is 1230. The number of nitrogens with one attached hydrogen (secondary N) is 3. The SMILES string of the molecule is O=C(NCCNS(=O)(=O)c1cccc2nonc12)c1c[nH]c2ccccc12. The number of benzene rings is 2. The monoisotopic (exact) mass is 385 g/mol. The minimum absolute atomic E-state index is 0.0239. The van der Waals surface area contributed by atoms with Gasteiger partial charge in [-0.05, 0) is 28.5 Å². The highest BCUT2D eigenvalue weighted by molar-refractivity contribution is 7.89. The average Bonchev–Trinajstić information content (AvgIpc) is 3.31. The van der Waals surface area contributed by atoms with Crippen LogP contribution < -0.4 is 10.0 Å². The minimum atomic E-state index is -3.81. The summed E-state index contributed by atoms with van der Waals surface area (Å²) in [7, 11) is -3.81. The molecule has 2 aromatic heterocycles. The van der Waals surface area contributed by atoms with Gasteiger partial charge in [-0.3, -0.25) is 4.79 Å². The van der Waals surface area contributed by atoms with Crippen molar-refractivity contribution < 1.29 is 17.8 Å². The molecule has 0 bridgehead atoms. The molecule has 0 aliphatic heterocycles. The van der Waals surface area contributed by atoms with E-state index in [1.807, 2.05) is 24.3 Å². The molecule has 0 saturated carbocycles. The summed E-state index contributed by atoms with van der Waals surface area (Å²) in [5.74, 6) is -0.283. The molecule has 0 fully saturated rings. The smallest absolute Gasteiger partial charge is 0.253 e. The number of sulfonamides is 1. The third kappa shape index (κ3) is 3.27. The molecular weight excluding hydrogens is 370 g/mol. The van der Waals surface area contributed by atoms with E-state index in [9.17, 15) is 13.2 Å². The lowest BCUT2D eigenvalue weighted by molar-refractivity contribution is 0.0956. The van der Waals surface area contributed by atoms with Crippen LogP contribution >= 0.6 is 0 Å². The summed E-state index contributed by atoms with van der Waals surface area (Å²) >= 11 is 0. The van der Waals surface area contributed by atoms with Gasteiger partial charge in [-0.2, -0.15) is 0 Å². The van der Waals surface area contributed by atoms with E-state index in [-0.39, 0.29) is 29.4 Å². The highest BCUT2D eigenvalue weighted by atomic mass is 32.2. The first-order valence-electron chi connectivity index (χ1n) is 8.11. The number of aromatic amines is 1. The Labute approximate surface area is 153 Å². The van der Waals surface area contributed by atoms with Crippen molar-refractivity contribution in [2.24, 2.45) is 0 Å². The molecular formula is C17H15N5O4S. The van der Waals surface area contributed by atoms with Gasteiger partial charge < -0.3 is 10.3 Å². The Morgan fingerprint density at radius 3 is 2.81 bits per heavy atom. The lowest BCUT2D eigenvalue weighted by Crippen LogP contribution is -2.34. The number of H-pyrrole nitrogens is 1. The number of carbonyl (C=O) groups is 1. The van der Waals surface area contributed by atoms with Crippen molar-refractivity contribution in [2.75, 3.05) is 13.1 Å². The summed E-state index contributed by atoms with van der Waals surface area (Å²) in [6.45, 7) is 0.155. The first kappa shape index (κ1) is 17.2. The summed E-state index contributed by atoms with van der Waals surface area (Å²) < 4.78 is 31.9. The second-order valence-corrected chi connectivity index (χ2v) is 7.53. The lowest BCUT2D eigenvalue weighted by atomic mass is 10.1. The molecule has 4 aromatic rings. The van der Waals surface area contributed by atoms with Gasteiger partial charge in [-0.15, -0.1) is 0 Å². The van der Waals surface area contributed by atoms with E-state index < -0.39 is 10.0 Å². The van der Waals surface area contributed by atoms with Crippen LogP contribution in [0.3, 0.4) is 0 Å². The highest BCUT2D eigenvalue weighted by Gasteiger charge is 2.20. The molecule has 10 heteroatoms. The molecule has 4 rings (SSSR count). The molecule has 2 aromatic carbocycles. The number of amides is 1. The maximum Gasteiger partial charge on any atom is 0.253 e. The number of hydrogen-bond donors (Lipinski definition) is 3. The van der Waals surface area contributed by atoms with Crippen LogP contribution in [0.5, 0.6) is 0 Å². The van der Waals surface area contributed by atoms with Crippen LogP contribution in [0.2, 0.25) is 0 Å². The van der Waals surface area contributed by atoms with Crippen molar-refractivity contribution in [3.63, 3.8) is 0 Å². The number of para-hydroxylation sites is 1. The zero-order valence-corrected chi connectivity index (χ0v) is 14.8. The predicted molar refractivity (Wildman–Crippen MR) is 97.6 cm³/mol. The predicted octanol–water partition coefficient (Wildman–Crippen LogP) is 1.41. The molecule has 0 unspecified atom stereocenters. The molecule has 9 nitrogen and oxygen atoms in total. The van der Waals surface area contributed by atoms with Gasteiger partial charge in [-0.1, -0.05) is 24.3 Å².